The van der Waals surface area contributed by atoms with E-state index in [0.29, 0.717) is 21.7 Å². The predicted molar refractivity (Wildman–Crippen MR) is 124 cm³/mol. The summed E-state index contributed by atoms with van der Waals surface area (Å²) in [7, 11) is 0. The molecule has 2 aromatic carbocycles. The number of amides is 1. The van der Waals surface area contributed by atoms with Crippen LogP contribution in [0.1, 0.15) is 30.0 Å². The zero-order valence-corrected chi connectivity index (χ0v) is 18.4. The predicted octanol–water partition coefficient (Wildman–Crippen LogP) is 4.84. The van der Waals surface area contributed by atoms with E-state index < -0.39 is 0 Å². The number of nitrogens with one attached hydrogen (secondary N) is 1. The van der Waals surface area contributed by atoms with Crippen molar-refractivity contribution in [1.82, 2.24) is 14.9 Å². The molecule has 5 nitrogen and oxygen atoms in total. The fraction of sp³-hybridized carbons (Fsp3) is 0.240. The second-order valence-corrected chi connectivity index (χ2v) is 9.17. The number of aromatic nitrogens is 2. The summed E-state index contributed by atoms with van der Waals surface area (Å²) in [5.74, 6) is -0.121. The lowest BCUT2D eigenvalue weighted by molar-refractivity contribution is -0.122. The van der Waals surface area contributed by atoms with Crippen LogP contribution in [0.15, 0.2) is 65.0 Å². The van der Waals surface area contributed by atoms with Gasteiger partial charge in [0.05, 0.1) is 17.8 Å². The third-order valence-corrected chi connectivity index (χ3v) is 6.76. The molecule has 0 bridgehead atoms. The van der Waals surface area contributed by atoms with Crippen LogP contribution in [-0.2, 0) is 11.3 Å². The standard InChI is InChI=1S/C25H22FN3O2S/c1-15-2-4-17(5-3-15)23(18-6-7-18)28-21(30)12-29-14-27-24-22(25(29)31)20(13-32-24)16-8-10-19(26)11-9-16/h2-5,8-11,13-14,18,23H,6-7,12H2,1H3,(H,28,30). The summed E-state index contributed by atoms with van der Waals surface area (Å²) in [4.78, 5) is 31.1. The van der Waals surface area contributed by atoms with Gasteiger partial charge >= 0.3 is 0 Å². The van der Waals surface area contributed by atoms with Gasteiger partial charge in [-0.15, -0.1) is 11.3 Å². The van der Waals surface area contributed by atoms with Gasteiger partial charge in [0, 0.05) is 10.9 Å². The Bertz CT molecular complexity index is 1340. The van der Waals surface area contributed by atoms with Crippen LogP contribution in [0.5, 0.6) is 0 Å². The Kier molecular flexibility index (Phi) is 5.35. The number of carbonyl (C=O) groups excluding carboxylic acids is 1. The number of nitrogens with zero attached hydrogens (tertiary/aromatic N) is 2. The first kappa shape index (κ1) is 20.6. The van der Waals surface area contributed by atoms with Gasteiger partial charge in [-0.1, -0.05) is 42.0 Å². The molecule has 1 fully saturated rings. The first-order valence-corrected chi connectivity index (χ1v) is 11.5. The van der Waals surface area contributed by atoms with Crippen molar-refractivity contribution in [3.05, 3.63) is 87.5 Å². The minimum Gasteiger partial charge on any atom is -0.347 e. The average Bonchev–Trinajstić information content (AvgIpc) is 3.54. The maximum Gasteiger partial charge on any atom is 0.263 e. The van der Waals surface area contributed by atoms with E-state index in [2.05, 4.69) is 22.4 Å². The normalized spacial score (nSPS) is 14.4. The molecule has 1 unspecified atom stereocenters. The van der Waals surface area contributed by atoms with E-state index in [4.69, 9.17) is 0 Å². The number of thiophene rings is 1. The number of hydrogen-bond acceptors (Lipinski definition) is 4. The highest BCUT2D eigenvalue weighted by molar-refractivity contribution is 7.17. The largest absolute Gasteiger partial charge is 0.347 e. The summed E-state index contributed by atoms with van der Waals surface area (Å²) in [6.45, 7) is 1.93. The molecular formula is C25H22FN3O2S. The molecule has 1 aliphatic carbocycles. The summed E-state index contributed by atoms with van der Waals surface area (Å²) in [6.07, 6.45) is 3.59. The number of halogens is 1. The molecule has 1 atom stereocenters. The summed E-state index contributed by atoms with van der Waals surface area (Å²) in [5, 5.41) is 5.42. The smallest absolute Gasteiger partial charge is 0.263 e. The fourth-order valence-corrected chi connectivity index (χ4v) is 4.88. The lowest BCUT2D eigenvalue weighted by atomic mass is 10.0. The van der Waals surface area contributed by atoms with E-state index in [1.807, 2.05) is 24.4 Å². The van der Waals surface area contributed by atoms with Crippen molar-refractivity contribution in [3.63, 3.8) is 0 Å². The van der Waals surface area contributed by atoms with Gasteiger partial charge in [-0.05, 0) is 48.9 Å². The first-order chi connectivity index (χ1) is 15.5. The molecular weight excluding hydrogens is 425 g/mol. The number of benzene rings is 2. The molecule has 2 aromatic heterocycles. The highest BCUT2D eigenvalue weighted by atomic mass is 32.1. The summed E-state index contributed by atoms with van der Waals surface area (Å²) >= 11 is 1.36. The maximum atomic E-state index is 13.3. The van der Waals surface area contributed by atoms with Gasteiger partial charge in [-0.2, -0.15) is 0 Å². The lowest BCUT2D eigenvalue weighted by Crippen LogP contribution is -2.35. The minimum absolute atomic E-state index is 0.0496. The first-order valence-electron chi connectivity index (χ1n) is 10.6. The fourth-order valence-electron chi connectivity index (χ4n) is 3.97. The highest BCUT2D eigenvalue weighted by Gasteiger charge is 2.33. The molecule has 32 heavy (non-hydrogen) atoms. The number of carbonyl (C=O) groups is 1. The Morgan fingerprint density at radius 2 is 1.91 bits per heavy atom. The Hall–Kier alpha value is -3.32. The molecule has 0 spiro atoms. The van der Waals surface area contributed by atoms with Crippen LogP contribution in [0.2, 0.25) is 0 Å². The van der Waals surface area contributed by atoms with Crippen molar-refractivity contribution in [2.24, 2.45) is 5.92 Å². The molecule has 0 radical (unpaired) electrons. The molecule has 0 aliphatic heterocycles. The van der Waals surface area contributed by atoms with E-state index >= 15 is 0 Å². The number of hydrogen-bond donors (Lipinski definition) is 1. The Balaban J connectivity index is 1.41. The van der Waals surface area contributed by atoms with Gasteiger partial charge < -0.3 is 5.32 Å². The molecule has 1 saturated carbocycles. The summed E-state index contributed by atoms with van der Waals surface area (Å²) < 4.78 is 14.7. The van der Waals surface area contributed by atoms with E-state index in [1.54, 1.807) is 12.1 Å². The quantitative estimate of drug-likeness (QED) is 0.460. The Morgan fingerprint density at radius 3 is 2.59 bits per heavy atom. The van der Waals surface area contributed by atoms with Crippen molar-refractivity contribution in [2.45, 2.75) is 32.4 Å². The van der Waals surface area contributed by atoms with E-state index in [1.165, 1.54) is 39.9 Å². The van der Waals surface area contributed by atoms with E-state index in [0.717, 1.165) is 24.0 Å². The van der Waals surface area contributed by atoms with Crippen LogP contribution in [0.4, 0.5) is 4.39 Å². The zero-order chi connectivity index (χ0) is 22.2. The van der Waals surface area contributed by atoms with Gasteiger partial charge in [-0.3, -0.25) is 14.2 Å². The third-order valence-electron chi connectivity index (χ3n) is 5.88. The molecule has 1 aliphatic rings. The Labute approximate surface area is 188 Å². The lowest BCUT2D eigenvalue weighted by Gasteiger charge is -2.19. The number of fused-ring (bicyclic) bond motifs is 1. The topological polar surface area (TPSA) is 64.0 Å². The molecule has 4 aromatic rings. The van der Waals surface area contributed by atoms with Gasteiger partial charge in [0.1, 0.15) is 17.2 Å². The number of aryl methyl sites for hydroxylation is 1. The van der Waals surface area contributed by atoms with Crippen molar-refractivity contribution >= 4 is 27.5 Å². The average molecular weight is 448 g/mol. The van der Waals surface area contributed by atoms with Crippen LogP contribution in [0.25, 0.3) is 21.3 Å². The zero-order valence-electron chi connectivity index (χ0n) is 17.5. The third kappa shape index (κ3) is 4.08. The Morgan fingerprint density at radius 1 is 1.19 bits per heavy atom. The van der Waals surface area contributed by atoms with Crippen LogP contribution >= 0.6 is 11.3 Å². The maximum absolute atomic E-state index is 13.3. The summed E-state index contributed by atoms with van der Waals surface area (Å²) in [5.41, 5.74) is 3.43. The van der Waals surface area contributed by atoms with Crippen LogP contribution in [0, 0.1) is 18.7 Å². The molecule has 7 heteroatoms. The van der Waals surface area contributed by atoms with Gasteiger partial charge in [0.15, 0.2) is 0 Å². The molecule has 0 saturated heterocycles. The van der Waals surface area contributed by atoms with Gasteiger partial charge in [0.2, 0.25) is 5.91 Å². The van der Waals surface area contributed by atoms with Crippen LogP contribution in [-0.4, -0.2) is 15.5 Å². The molecule has 5 rings (SSSR count). The van der Waals surface area contributed by atoms with Gasteiger partial charge in [-0.25, -0.2) is 9.37 Å². The highest BCUT2D eigenvalue weighted by Crippen LogP contribution is 2.41. The molecule has 162 valence electrons. The van der Waals surface area contributed by atoms with Crippen molar-refractivity contribution in [3.8, 4) is 11.1 Å². The monoisotopic (exact) mass is 447 g/mol. The second-order valence-electron chi connectivity index (χ2n) is 8.31. The van der Waals surface area contributed by atoms with E-state index in [-0.39, 0.29) is 29.9 Å². The minimum atomic E-state index is -0.334. The summed E-state index contributed by atoms with van der Waals surface area (Å²) in [6, 6.07) is 14.2. The van der Waals surface area contributed by atoms with E-state index in [9.17, 15) is 14.0 Å². The van der Waals surface area contributed by atoms with Crippen molar-refractivity contribution < 1.29 is 9.18 Å². The molecule has 1 amide bonds. The van der Waals surface area contributed by atoms with Crippen LogP contribution in [0.3, 0.4) is 0 Å². The number of rotatable bonds is 6. The SMILES string of the molecule is Cc1ccc(C(NC(=O)Cn2cnc3scc(-c4ccc(F)cc4)c3c2=O)C2CC2)cc1. The molecule has 2 heterocycles. The van der Waals surface area contributed by atoms with Crippen molar-refractivity contribution in [2.75, 3.05) is 0 Å². The van der Waals surface area contributed by atoms with Crippen molar-refractivity contribution in [1.29, 1.82) is 0 Å². The second kappa shape index (κ2) is 8.31. The van der Waals surface area contributed by atoms with Crippen LogP contribution < -0.4 is 10.9 Å². The van der Waals surface area contributed by atoms with Gasteiger partial charge in [0.25, 0.3) is 5.56 Å². The molecule has 1 N–H and O–H groups in total.